The van der Waals surface area contributed by atoms with E-state index < -0.39 is 0 Å². The van der Waals surface area contributed by atoms with Crippen LogP contribution in [0.2, 0.25) is 0 Å². The van der Waals surface area contributed by atoms with Crippen LogP contribution < -0.4 is 5.32 Å². The highest BCUT2D eigenvalue weighted by molar-refractivity contribution is 4.92. The second-order valence-corrected chi connectivity index (χ2v) is 4.65. The minimum atomic E-state index is 0.544. The van der Waals surface area contributed by atoms with Crippen molar-refractivity contribution in [3.63, 3.8) is 0 Å². The maximum atomic E-state index is 4.03. The molecule has 1 aliphatic rings. The van der Waals surface area contributed by atoms with Gasteiger partial charge in [0.2, 0.25) is 0 Å². The maximum Gasteiger partial charge on any atom is 0.0964 e. The van der Waals surface area contributed by atoms with Crippen LogP contribution in [0.4, 0.5) is 0 Å². The smallest absolute Gasteiger partial charge is 0.0964 e. The molecule has 4 nitrogen and oxygen atoms in total. The van der Waals surface area contributed by atoms with Crippen molar-refractivity contribution in [2.45, 2.75) is 32.7 Å². The lowest BCUT2D eigenvalue weighted by Gasteiger charge is -2.38. The minimum absolute atomic E-state index is 0.544. The molecule has 1 saturated carbocycles. The zero-order valence-corrected chi connectivity index (χ0v) is 8.95. The molecule has 2 rings (SSSR count). The molecular weight excluding hydrogens is 176 g/mol. The molecule has 4 heteroatoms. The van der Waals surface area contributed by atoms with Crippen molar-refractivity contribution in [2.75, 3.05) is 6.54 Å². The van der Waals surface area contributed by atoms with Crippen molar-refractivity contribution in [1.82, 2.24) is 20.3 Å². The molecule has 1 aliphatic carbocycles. The van der Waals surface area contributed by atoms with Gasteiger partial charge in [-0.25, -0.2) is 0 Å². The molecule has 0 saturated heterocycles. The first-order chi connectivity index (χ1) is 6.68. The van der Waals surface area contributed by atoms with Crippen LogP contribution in [0.25, 0.3) is 0 Å². The molecule has 1 aromatic heterocycles. The fourth-order valence-corrected chi connectivity index (χ4v) is 1.93. The van der Waals surface area contributed by atoms with E-state index in [-0.39, 0.29) is 0 Å². The van der Waals surface area contributed by atoms with Crippen molar-refractivity contribution in [1.29, 1.82) is 0 Å². The lowest BCUT2D eigenvalue weighted by atomic mass is 9.70. The van der Waals surface area contributed by atoms with Crippen LogP contribution in [0.3, 0.4) is 0 Å². The fourth-order valence-electron chi connectivity index (χ4n) is 1.93. The lowest BCUT2D eigenvalue weighted by Crippen LogP contribution is -2.37. The third-order valence-corrected chi connectivity index (χ3v) is 3.07. The highest BCUT2D eigenvalue weighted by Crippen LogP contribution is 2.39. The van der Waals surface area contributed by atoms with Crippen LogP contribution in [0.15, 0.2) is 6.20 Å². The Bertz CT molecular complexity index is 301. The molecule has 0 radical (unpaired) electrons. The Hall–Kier alpha value is -0.900. The Labute approximate surface area is 84.7 Å². The van der Waals surface area contributed by atoms with Gasteiger partial charge in [0.05, 0.1) is 5.69 Å². The summed E-state index contributed by atoms with van der Waals surface area (Å²) < 4.78 is 1.74. The highest BCUT2D eigenvalue weighted by atomic mass is 15.4. The van der Waals surface area contributed by atoms with Crippen LogP contribution in [0.5, 0.6) is 0 Å². The van der Waals surface area contributed by atoms with Crippen LogP contribution in [-0.2, 0) is 13.6 Å². The van der Waals surface area contributed by atoms with Gasteiger partial charge < -0.3 is 5.32 Å². The molecule has 0 amide bonds. The predicted octanol–water partition coefficient (Wildman–Crippen LogP) is 1.09. The van der Waals surface area contributed by atoms with E-state index in [1.54, 1.807) is 4.68 Å². The van der Waals surface area contributed by atoms with Crippen LogP contribution in [0, 0.1) is 5.41 Å². The molecule has 1 N–H and O–H groups in total. The molecule has 1 fully saturated rings. The van der Waals surface area contributed by atoms with Crippen molar-refractivity contribution in [3.8, 4) is 0 Å². The first kappa shape index (κ1) is 9.65. The van der Waals surface area contributed by atoms with E-state index in [0.29, 0.717) is 5.41 Å². The minimum Gasteiger partial charge on any atom is -0.311 e. The van der Waals surface area contributed by atoms with Gasteiger partial charge in [0.25, 0.3) is 0 Å². The molecule has 0 unspecified atom stereocenters. The largest absolute Gasteiger partial charge is 0.311 e. The monoisotopic (exact) mass is 194 g/mol. The number of aryl methyl sites for hydroxylation is 1. The number of nitrogens with one attached hydrogen (secondary N) is 1. The number of rotatable bonds is 4. The molecule has 1 heterocycles. The van der Waals surface area contributed by atoms with E-state index in [9.17, 15) is 0 Å². The number of hydrogen-bond donors (Lipinski definition) is 1. The maximum absolute atomic E-state index is 4.03. The highest BCUT2D eigenvalue weighted by Gasteiger charge is 2.30. The Morgan fingerprint density at radius 2 is 2.36 bits per heavy atom. The van der Waals surface area contributed by atoms with E-state index in [2.05, 4.69) is 22.6 Å². The molecular formula is C10H18N4. The molecule has 78 valence electrons. The molecule has 0 atom stereocenters. The average Bonchev–Trinajstić information content (AvgIpc) is 2.49. The molecule has 0 aliphatic heterocycles. The average molecular weight is 194 g/mol. The van der Waals surface area contributed by atoms with E-state index in [0.717, 1.165) is 18.8 Å². The van der Waals surface area contributed by atoms with Crippen molar-refractivity contribution < 1.29 is 0 Å². The zero-order chi connectivity index (χ0) is 10.0. The summed E-state index contributed by atoms with van der Waals surface area (Å²) >= 11 is 0. The van der Waals surface area contributed by atoms with Gasteiger partial charge in [-0.2, -0.15) is 0 Å². The normalized spacial score (nSPS) is 19.3. The Balaban J connectivity index is 1.72. The second kappa shape index (κ2) is 3.69. The Kier molecular flexibility index (Phi) is 2.54. The van der Waals surface area contributed by atoms with E-state index in [1.165, 1.54) is 19.3 Å². The lowest BCUT2D eigenvalue weighted by molar-refractivity contribution is 0.156. The summed E-state index contributed by atoms with van der Waals surface area (Å²) in [4.78, 5) is 0. The van der Waals surface area contributed by atoms with Gasteiger partial charge in [-0.05, 0) is 18.3 Å². The van der Waals surface area contributed by atoms with Gasteiger partial charge in [-0.3, -0.25) is 4.68 Å². The van der Waals surface area contributed by atoms with Gasteiger partial charge >= 0.3 is 0 Å². The first-order valence-corrected chi connectivity index (χ1v) is 5.24. The Morgan fingerprint density at radius 3 is 2.86 bits per heavy atom. The van der Waals surface area contributed by atoms with E-state index in [1.807, 2.05) is 13.2 Å². The molecule has 0 spiro atoms. The summed E-state index contributed by atoms with van der Waals surface area (Å²) in [5.41, 5.74) is 1.57. The van der Waals surface area contributed by atoms with Gasteiger partial charge in [-0.15, -0.1) is 5.10 Å². The van der Waals surface area contributed by atoms with Crippen LogP contribution in [-0.4, -0.2) is 21.5 Å². The SMILES string of the molecule is Cn1cc(CNCC2(C)CCC2)nn1. The van der Waals surface area contributed by atoms with E-state index in [4.69, 9.17) is 0 Å². The number of hydrogen-bond acceptors (Lipinski definition) is 3. The summed E-state index contributed by atoms with van der Waals surface area (Å²) in [6.45, 7) is 4.28. The molecule has 1 aromatic rings. The van der Waals surface area contributed by atoms with E-state index >= 15 is 0 Å². The van der Waals surface area contributed by atoms with Crippen molar-refractivity contribution in [2.24, 2.45) is 12.5 Å². The van der Waals surface area contributed by atoms with Gasteiger partial charge in [0.15, 0.2) is 0 Å². The molecule has 0 aromatic carbocycles. The summed E-state index contributed by atoms with van der Waals surface area (Å²) in [5.74, 6) is 0. The number of aromatic nitrogens is 3. The quantitative estimate of drug-likeness (QED) is 0.780. The predicted molar refractivity (Wildman–Crippen MR) is 54.7 cm³/mol. The summed E-state index contributed by atoms with van der Waals surface area (Å²) in [6.07, 6.45) is 6.07. The third kappa shape index (κ3) is 2.12. The zero-order valence-electron chi connectivity index (χ0n) is 8.95. The van der Waals surface area contributed by atoms with Crippen molar-refractivity contribution in [3.05, 3.63) is 11.9 Å². The summed E-state index contributed by atoms with van der Waals surface area (Å²) in [7, 11) is 1.89. The second-order valence-electron chi connectivity index (χ2n) is 4.65. The van der Waals surface area contributed by atoms with Crippen LogP contribution >= 0.6 is 0 Å². The summed E-state index contributed by atoms with van der Waals surface area (Å²) in [5, 5.41) is 11.4. The molecule has 14 heavy (non-hydrogen) atoms. The Morgan fingerprint density at radius 1 is 1.57 bits per heavy atom. The van der Waals surface area contributed by atoms with Gasteiger partial charge in [0.1, 0.15) is 0 Å². The van der Waals surface area contributed by atoms with Crippen LogP contribution in [0.1, 0.15) is 31.9 Å². The topological polar surface area (TPSA) is 42.7 Å². The standard InChI is InChI=1S/C10H18N4/c1-10(4-3-5-10)8-11-6-9-7-14(2)13-12-9/h7,11H,3-6,8H2,1-2H3. The first-order valence-electron chi connectivity index (χ1n) is 5.24. The number of nitrogens with zero attached hydrogens (tertiary/aromatic N) is 3. The third-order valence-electron chi connectivity index (χ3n) is 3.07. The van der Waals surface area contributed by atoms with Gasteiger partial charge in [-0.1, -0.05) is 18.6 Å². The van der Waals surface area contributed by atoms with Gasteiger partial charge in [0, 0.05) is 26.3 Å². The molecule has 0 bridgehead atoms. The fraction of sp³-hybridized carbons (Fsp3) is 0.800. The summed E-state index contributed by atoms with van der Waals surface area (Å²) in [6, 6.07) is 0. The van der Waals surface area contributed by atoms with Crippen molar-refractivity contribution >= 4 is 0 Å².